The first-order valence-electron chi connectivity index (χ1n) is 13.6. The van der Waals surface area contributed by atoms with Gasteiger partial charge in [-0.15, -0.1) is 0 Å². The summed E-state index contributed by atoms with van der Waals surface area (Å²) in [5.74, 6) is 0. The molecule has 1 saturated heterocycles. The lowest BCUT2D eigenvalue weighted by atomic mass is 10.4. The van der Waals surface area contributed by atoms with Crippen LogP contribution in [-0.2, 0) is 12.3 Å². The molecule has 0 atom stereocenters. The van der Waals surface area contributed by atoms with Crippen LogP contribution in [0.3, 0.4) is 0 Å². The molecule has 1 aliphatic heterocycles. The monoisotopic (exact) mass is 474 g/mol. The molecule has 1 fully saturated rings. The van der Waals surface area contributed by atoms with Gasteiger partial charge in [0, 0.05) is 0 Å². The van der Waals surface area contributed by atoms with E-state index in [0.717, 1.165) is 0 Å². The third-order valence-electron chi connectivity index (χ3n) is 6.58. The van der Waals surface area contributed by atoms with E-state index in [2.05, 4.69) is 41.5 Å². The van der Waals surface area contributed by atoms with Gasteiger partial charge in [0.25, 0.3) is 0 Å². The largest absolute Gasteiger partial charge is 0.415 e. The summed E-state index contributed by atoms with van der Waals surface area (Å²) in [5, 5.41) is 0. The van der Waals surface area contributed by atoms with E-state index in [9.17, 15) is 0 Å². The number of hydrogen-bond donors (Lipinski definition) is 0. The molecular weight excluding hydrogens is 421 g/mol. The van der Waals surface area contributed by atoms with Crippen molar-refractivity contribution in [3.8, 4) is 0 Å². The summed E-state index contributed by atoms with van der Waals surface area (Å²) in [7, 11) is -6.59. The third-order valence-corrected chi connectivity index (χ3v) is 22.2. The topological polar surface area (TPSA) is 27.7 Å². The van der Waals surface area contributed by atoms with Crippen molar-refractivity contribution in [3.63, 3.8) is 0 Å². The van der Waals surface area contributed by atoms with E-state index in [1.165, 1.54) is 113 Å². The molecular formula is C24H54O3Si3. The highest BCUT2D eigenvalue weighted by Crippen LogP contribution is 2.45. The van der Waals surface area contributed by atoms with Crippen LogP contribution >= 0.6 is 0 Å². The number of unbranched alkanes of at least 4 members (excludes halogenated alkanes) is 6. The minimum absolute atomic E-state index is 1.20. The Bertz CT molecular complexity index is 336. The van der Waals surface area contributed by atoms with Crippen molar-refractivity contribution >= 4 is 25.7 Å². The summed E-state index contributed by atoms with van der Waals surface area (Å²) in [6.07, 6.45) is 15.0. The van der Waals surface area contributed by atoms with E-state index in [-0.39, 0.29) is 0 Å². The summed E-state index contributed by atoms with van der Waals surface area (Å²) in [5.41, 5.74) is 0. The lowest BCUT2D eigenvalue weighted by molar-refractivity contribution is 0.202. The molecule has 0 aliphatic carbocycles. The van der Waals surface area contributed by atoms with Crippen molar-refractivity contribution in [2.24, 2.45) is 0 Å². The number of rotatable bonds is 18. The fraction of sp³-hybridized carbons (Fsp3) is 1.00. The molecule has 1 heterocycles. The fourth-order valence-corrected chi connectivity index (χ4v) is 25.5. The van der Waals surface area contributed by atoms with Crippen molar-refractivity contribution in [3.05, 3.63) is 0 Å². The van der Waals surface area contributed by atoms with E-state index in [4.69, 9.17) is 12.3 Å². The van der Waals surface area contributed by atoms with Gasteiger partial charge in [-0.1, -0.05) is 119 Å². The van der Waals surface area contributed by atoms with Crippen LogP contribution in [0.4, 0.5) is 0 Å². The Labute approximate surface area is 192 Å². The number of hydrogen-bond acceptors (Lipinski definition) is 3. The van der Waals surface area contributed by atoms with E-state index in [0.29, 0.717) is 0 Å². The zero-order chi connectivity index (χ0) is 22.3. The van der Waals surface area contributed by atoms with Gasteiger partial charge in [0.2, 0.25) is 0 Å². The van der Waals surface area contributed by atoms with Crippen molar-refractivity contribution < 1.29 is 12.3 Å². The van der Waals surface area contributed by atoms with Crippen LogP contribution < -0.4 is 0 Å². The minimum atomic E-state index is -2.20. The molecule has 30 heavy (non-hydrogen) atoms. The average molecular weight is 475 g/mol. The molecule has 0 saturated carbocycles. The summed E-state index contributed by atoms with van der Waals surface area (Å²) in [6, 6.07) is 7.21. The molecule has 0 aromatic heterocycles. The molecule has 6 heteroatoms. The zero-order valence-corrected chi connectivity index (χ0v) is 24.5. The fourth-order valence-electron chi connectivity index (χ4n) is 4.74. The maximum Gasteiger partial charge on any atom is 0.320 e. The first-order chi connectivity index (χ1) is 14.5. The van der Waals surface area contributed by atoms with Gasteiger partial charge in [-0.2, -0.15) is 0 Å². The highest BCUT2D eigenvalue weighted by Gasteiger charge is 2.60. The SMILES string of the molecule is CCCC[Si]1(CCCC)O[Si](CCCC)(CCCC)O[Si](CCCC)(CCCC)O1. The highest BCUT2D eigenvalue weighted by atomic mass is 28.5. The zero-order valence-electron chi connectivity index (χ0n) is 21.5. The van der Waals surface area contributed by atoms with Gasteiger partial charge in [-0.05, 0) is 36.3 Å². The van der Waals surface area contributed by atoms with Crippen LogP contribution in [0.25, 0.3) is 0 Å². The second-order valence-corrected chi connectivity index (χ2v) is 20.6. The smallest absolute Gasteiger partial charge is 0.320 e. The average Bonchev–Trinajstić information content (AvgIpc) is 2.76. The van der Waals surface area contributed by atoms with Gasteiger partial charge in [0.1, 0.15) is 0 Å². The van der Waals surface area contributed by atoms with Gasteiger partial charge < -0.3 is 12.3 Å². The van der Waals surface area contributed by atoms with E-state index in [1.807, 2.05) is 0 Å². The second-order valence-electron chi connectivity index (χ2n) is 9.66. The summed E-state index contributed by atoms with van der Waals surface area (Å²) < 4.78 is 22.1. The Morgan fingerprint density at radius 2 is 0.500 bits per heavy atom. The van der Waals surface area contributed by atoms with Crippen LogP contribution in [-0.4, -0.2) is 25.7 Å². The lowest BCUT2D eigenvalue weighted by Gasteiger charge is -2.54. The predicted octanol–water partition coefficient (Wildman–Crippen LogP) is 9.18. The van der Waals surface area contributed by atoms with E-state index < -0.39 is 25.7 Å². The molecule has 0 bridgehead atoms. The van der Waals surface area contributed by atoms with Gasteiger partial charge in [0.15, 0.2) is 0 Å². The normalized spacial score (nSPS) is 19.8. The van der Waals surface area contributed by atoms with Gasteiger partial charge in [-0.3, -0.25) is 0 Å². The molecule has 0 N–H and O–H groups in total. The molecule has 0 aromatic rings. The molecule has 1 rings (SSSR count). The molecule has 0 radical (unpaired) electrons. The first kappa shape index (κ1) is 28.6. The van der Waals surface area contributed by atoms with Crippen LogP contribution in [0.5, 0.6) is 0 Å². The van der Waals surface area contributed by atoms with Crippen molar-refractivity contribution in [1.82, 2.24) is 0 Å². The standard InChI is InChI=1S/C24H54O3Si3/c1-7-13-19-28(20-14-8-2)25-29(21-15-9-3,22-16-10-4)27-30(26-28,23-17-11-5)24-18-12-6/h7-24H2,1-6H3. The summed E-state index contributed by atoms with van der Waals surface area (Å²) in [6.45, 7) is 13.9. The maximum absolute atomic E-state index is 7.35. The van der Waals surface area contributed by atoms with Crippen molar-refractivity contribution in [1.29, 1.82) is 0 Å². The quantitative estimate of drug-likeness (QED) is 0.185. The van der Waals surface area contributed by atoms with Gasteiger partial charge in [0.05, 0.1) is 0 Å². The Balaban J connectivity index is 3.38. The molecule has 0 unspecified atom stereocenters. The first-order valence-corrected chi connectivity index (χ1v) is 20.3. The van der Waals surface area contributed by atoms with Crippen LogP contribution in [0.1, 0.15) is 119 Å². The highest BCUT2D eigenvalue weighted by molar-refractivity contribution is 6.94. The second kappa shape index (κ2) is 15.4. The van der Waals surface area contributed by atoms with Crippen LogP contribution in [0, 0.1) is 0 Å². The molecule has 1 aliphatic rings. The molecule has 0 amide bonds. The Kier molecular flexibility index (Phi) is 14.6. The van der Waals surface area contributed by atoms with E-state index in [1.54, 1.807) is 0 Å². The van der Waals surface area contributed by atoms with Crippen molar-refractivity contribution in [2.45, 2.75) is 155 Å². The van der Waals surface area contributed by atoms with E-state index >= 15 is 0 Å². The molecule has 3 nitrogen and oxygen atoms in total. The van der Waals surface area contributed by atoms with Gasteiger partial charge >= 0.3 is 25.7 Å². The maximum atomic E-state index is 7.35. The minimum Gasteiger partial charge on any atom is -0.415 e. The molecule has 0 aromatic carbocycles. The molecule has 180 valence electrons. The lowest BCUT2D eigenvalue weighted by Crippen LogP contribution is -2.70. The third kappa shape index (κ3) is 9.18. The predicted molar refractivity (Wildman–Crippen MR) is 139 cm³/mol. The molecule has 0 spiro atoms. The van der Waals surface area contributed by atoms with Crippen LogP contribution in [0.15, 0.2) is 0 Å². The summed E-state index contributed by atoms with van der Waals surface area (Å²) in [4.78, 5) is 0. The van der Waals surface area contributed by atoms with Gasteiger partial charge in [-0.25, -0.2) is 0 Å². The van der Waals surface area contributed by atoms with Crippen molar-refractivity contribution in [2.75, 3.05) is 0 Å². The Morgan fingerprint density at radius 1 is 0.333 bits per heavy atom. The van der Waals surface area contributed by atoms with Crippen LogP contribution in [0.2, 0.25) is 36.3 Å². The summed E-state index contributed by atoms with van der Waals surface area (Å²) >= 11 is 0. The Morgan fingerprint density at radius 3 is 0.633 bits per heavy atom. The Hall–Kier alpha value is 0.531.